The van der Waals surface area contributed by atoms with Gasteiger partial charge in [0.1, 0.15) is 0 Å². The molecule has 0 aliphatic rings. The average molecular weight is 1070 g/mol. The second kappa shape index (κ2) is 65.6. The molecular weight excluding hydrogens is 935 g/mol. The highest BCUT2D eigenvalue weighted by atomic mass is 16.5. The van der Waals surface area contributed by atoms with Gasteiger partial charge in [0, 0.05) is 12.8 Å². The van der Waals surface area contributed by atoms with Crippen molar-refractivity contribution in [3.63, 3.8) is 0 Å². The van der Waals surface area contributed by atoms with Gasteiger partial charge in [0.15, 0.2) is 0 Å². The smallest absolute Gasteiger partial charge is 0.305 e. The number of hydrogen-bond donors (Lipinski definition) is 3. The molecule has 2 atom stereocenters. The van der Waals surface area contributed by atoms with Crippen LogP contribution in [0.2, 0.25) is 0 Å². The number of aliphatic hydroxyl groups is 2. The number of rotatable bonds is 64. The number of ether oxygens (including phenoxy) is 1. The summed E-state index contributed by atoms with van der Waals surface area (Å²) in [6.07, 6.45) is 83.6. The molecule has 0 radical (unpaired) electrons. The molecule has 0 aromatic rings. The zero-order valence-corrected chi connectivity index (χ0v) is 51.3. The van der Waals surface area contributed by atoms with E-state index in [0.29, 0.717) is 19.4 Å². The van der Waals surface area contributed by atoms with Crippen LogP contribution in [0.15, 0.2) is 36.5 Å². The van der Waals surface area contributed by atoms with Crippen LogP contribution in [-0.2, 0) is 14.3 Å². The standard InChI is InChI=1S/C70H133NO5/c1-3-5-7-9-11-13-15-17-18-19-30-34-37-40-44-48-52-56-60-64-70(75)76-65-61-57-53-49-45-41-38-35-32-29-27-25-23-21-20-22-24-26-28-31-33-36-39-43-47-51-55-59-63-69(74)71-67(66-72)68(73)62-58-54-50-46-42-16-14-12-10-8-6-4-2/h17-18,20-21,58,62,67-68,72-73H,3-16,19,22-57,59-61,63-66H2,1-2H3,(H,71,74)/b18-17-,21-20-,62-58+. The summed E-state index contributed by atoms with van der Waals surface area (Å²) in [5.41, 5.74) is 0. The van der Waals surface area contributed by atoms with Crippen LogP contribution in [-0.4, -0.2) is 47.4 Å². The van der Waals surface area contributed by atoms with Gasteiger partial charge < -0.3 is 20.3 Å². The van der Waals surface area contributed by atoms with E-state index in [2.05, 4.69) is 43.5 Å². The molecule has 0 aromatic carbocycles. The highest BCUT2D eigenvalue weighted by molar-refractivity contribution is 5.76. The minimum absolute atomic E-state index is 0.0153. The molecule has 6 nitrogen and oxygen atoms in total. The minimum atomic E-state index is -0.843. The predicted octanol–water partition coefficient (Wildman–Crippen LogP) is 21.9. The summed E-state index contributed by atoms with van der Waals surface area (Å²) >= 11 is 0. The molecule has 0 aliphatic heterocycles. The summed E-state index contributed by atoms with van der Waals surface area (Å²) in [4.78, 5) is 24.6. The van der Waals surface area contributed by atoms with Gasteiger partial charge in [0.2, 0.25) is 5.91 Å². The number of aliphatic hydroxyl groups excluding tert-OH is 2. The van der Waals surface area contributed by atoms with E-state index in [-0.39, 0.29) is 18.5 Å². The summed E-state index contributed by atoms with van der Waals surface area (Å²) < 4.78 is 5.51. The zero-order chi connectivity index (χ0) is 55.0. The van der Waals surface area contributed by atoms with Gasteiger partial charge in [-0.3, -0.25) is 9.59 Å². The third-order valence-electron chi connectivity index (χ3n) is 15.9. The van der Waals surface area contributed by atoms with Crippen LogP contribution in [0.4, 0.5) is 0 Å². The number of nitrogens with one attached hydrogen (secondary N) is 1. The summed E-state index contributed by atoms with van der Waals surface area (Å²) in [6.45, 7) is 4.91. The molecule has 0 aliphatic carbocycles. The lowest BCUT2D eigenvalue weighted by Gasteiger charge is -2.20. The fraction of sp³-hybridized carbons (Fsp3) is 0.886. The van der Waals surface area contributed by atoms with E-state index in [1.165, 1.54) is 308 Å². The number of unbranched alkanes of at least 4 members (excludes halogenated alkanes) is 49. The molecule has 0 rings (SSSR count). The average Bonchev–Trinajstić information content (AvgIpc) is 3.42. The van der Waals surface area contributed by atoms with Crippen molar-refractivity contribution in [1.29, 1.82) is 0 Å². The van der Waals surface area contributed by atoms with Crippen molar-refractivity contribution >= 4 is 11.9 Å². The molecule has 0 aromatic heterocycles. The summed E-state index contributed by atoms with van der Waals surface area (Å²) in [7, 11) is 0. The summed E-state index contributed by atoms with van der Waals surface area (Å²) in [5, 5.41) is 23.1. The Kier molecular flexibility index (Phi) is 63.9. The van der Waals surface area contributed by atoms with Gasteiger partial charge in [-0.25, -0.2) is 0 Å². The van der Waals surface area contributed by atoms with Crippen LogP contribution in [0.3, 0.4) is 0 Å². The molecule has 448 valence electrons. The van der Waals surface area contributed by atoms with Crippen molar-refractivity contribution < 1.29 is 24.5 Å². The van der Waals surface area contributed by atoms with Crippen molar-refractivity contribution in [3.8, 4) is 0 Å². The van der Waals surface area contributed by atoms with Crippen LogP contribution in [0.1, 0.15) is 373 Å². The first kappa shape index (κ1) is 74.1. The van der Waals surface area contributed by atoms with E-state index < -0.39 is 12.1 Å². The second-order valence-electron chi connectivity index (χ2n) is 23.5. The lowest BCUT2D eigenvalue weighted by atomic mass is 10.0. The maximum absolute atomic E-state index is 12.4. The van der Waals surface area contributed by atoms with Gasteiger partial charge in [-0.15, -0.1) is 0 Å². The van der Waals surface area contributed by atoms with Crippen molar-refractivity contribution in [2.24, 2.45) is 0 Å². The normalized spacial score (nSPS) is 12.7. The molecule has 2 unspecified atom stereocenters. The molecule has 0 bridgehead atoms. The quantitative estimate of drug-likeness (QED) is 0.0320. The number of hydrogen-bond acceptors (Lipinski definition) is 5. The van der Waals surface area contributed by atoms with E-state index in [9.17, 15) is 19.8 Å². The predicted molar refractivity (Wildman–Crippen MR) is 333 cm³/mol. The molecule has 3 N–H and O–H groups in total. The number of esters is 1. The summed E-state index contributed by atoms with van der Waals surface area (Å²) in [5.74, 6) is -0.0522. The highest BCUT2D eigenvalue weighted by Gasteiger charge is 2.18. The van der Waals surface area contributed by atoms with Crippen molar-refractivity contribution in [2.45, 2.75) is 386 Å². The van der Waals surface area contributed by atoms with Crippen LogP contribution in [0.25, 0.3) is 0 Å². The van der Waals surface area contributed by atoms with Crippen LogP contribution in [0.5, 0.6) is 0 Å². The molecule has 76 heavy (non-hydrogen) atoms. The Morgan fingerprint density at radius 3 is 0.934 bits per heavy atom. The Morgan fingerprint density at radius 1 is 0.355 bits per heavy atom. The molecule has 0 spiro atoms. The SMILES string of the molecule is CCCCCCCC/C=C\CCCCCCCCCCCC(=O)OCCCCCCCCCCCCCC/C=C\CCCCCCCCCCCCCCC(=O)NC(CO)C(O)/C=C/CCCCCCCCCCCC. The molecule has 0 heterocycles. The first-order chi connectivity index (χ1) is 37.5. The number of carbonyl (C=O) groups excluding carboxylic acids is 2. The molecule has 0 saturated carbocycles. The highest BCUT2D eigenvalue weighted by Crippen LogP contribution is 2.18. The number of allylic oxidation sites excluding steroid dienone is 5. The Hall–Kier alpha value is -1.92. The van der Waals surface area contributed by atoms with E-state index in [1.54, 1.807) is 6.08 Å². The van der Waals surface area contributed by atoms with E-state index in [1.807, 2.05) is 6.08 Å². The monoisotopic (exact) mass is 1070 g/mol. The van der Waals surface area contributed by atoms with Crippen LogP contribution in [0, 0.1) is 0 Å². The minimum Gasteiger partial charge on any atom is -0.466 e. The first-order valence-corrected chi connectivity index (χ1v) is 34.3. The van der Waals surface area contributed by atoms with Gasteiger partial charge in [-0.2, -0.15) is 0 Å². The Labute approximate surface area is 474 Å². The molecule has 6 heteroatoms. The van der Waals surface area contributed by atoms with Crippen molar-refractivity contribution in [1.82, 2.24) is 5.32 Å². The number of amides is 1. The Balaban J connectivity index is 3.36. The van der Waals surface area contributed by atoms with Crippen molar-refractivity contribution in [3.05, 3.63) is 36.5 Å². The third-order valence-corrected chi connectivity index (χ3v) is 15.9. The topological polar surface area (TPSA) is 95.9 Å². The Bertz CT molecular complexity index is 1230. The fourth-order valence-corrected chi connectivity index (χ4v) is 10.6. The maximum Gasteiger partial charge on any atom is 0.305 e. The lowest BCUT2D eigenvalue weighted by molar-refractivity contribution is -0.143. The van der Waals surface area contributed by atoms with Gasteiger partial charge >= 0.3 is 5.97 Å². The maximum atomic E-state index is 12.4. The van der Waals surface area contributed by atoms with E-state index in [0.717, 1.165) is 38.5 Å². The van der Waals surface area contributed by atoms with Gasteiger partial charge in [-0.1, -0.05) is 314 Å². The van der Waals surface area contributed by atoms with Gasteiger partial charge in [0.05, 0.1) is 25.4 Å². The molecular formula is C70H133NO5. The van der Waals surface area contributed by atoms with Crippen molar-refractivity contribution in [2.75, 3.05) is 13.2 Å². The fourth-order valence-electron chi connectivity index (χ4n) is 10.6. The second-order valence-corrected chi connectivity index (χ2v) is 23.5. The third kappa shape index (κ3) is 61.3. The van der Waals surface area contributed by atoms with E-state index in [4.69, 9.17) is 4.74 Å². The van der Waals surface area contributed by atoms with Gasteiger partial charge in [0.25, 0.3) is 0 Å². The van der Waals surface area contributed by atoms with E-state index >= 15 is 0 Å². The zero-order valence-electron chi connectivity index (χ0n) is 51.3. The lowest BCUT2D eigenvalue weighted by Crippen LogP contribution is -2.45. The van der Waals surface area contributed by atoms with Gasteiger partial charge in [-0.05, 0) is 83.5 Å². The van der Waals surface area contributed by atoms with Crippen LogP contribution < -0.4 is 5.32 Å². The molecule has 0 saturated heterocycles. The molecule has 0 fully saturated rings. The summed E-state index contributed by atoms with van der Waals surface area (Å²) in [6, 6.07) is -0.627. The molecule has 1 amide bonds. The number of carbonyl (C=O) groups is 2. The Morgan fingerprint density at radius 2 is 0.618 bits per heavy atom. The van der Waals surface area contributed by atoms with Crippen LogP contribution >= 0.6 is 0 Å². The first-order valence-electron chi connectivity index (χ1n) is 34.3. The largest absolute Gasteiger partial charge is 0.466 e.